The molecule has 1 N–H and O–H groups in total. The maximum absolute atomic E-state index is 13.6. The molecule has 1 unspecified atom stereocenters. The second kappa shape index (κ2) is 11.4. The number of hydrogen-bond acceptors (Lipinski definition) is 7. The van der Waals surface area contributed by atoms with Crippen LogP contribution in [0.1, 0.15) is 33.9 Å². The molecule has 1 fully saturated rings. The molecule has 1 atom stereocenters. The van der Waals surface area contributed by atoms with Gasteiger partial charge in [-0.25, -0.2) is 0 Å². The van der Waals surface area contributed by atoms with Crippen molar-refractivity contribution in [3.8, 4) is 0 Å². The Morgan fingerprint density at radius 2 is 1.73 bits per heavy atom. The highest BCUT2D eigenvalue weighted by molar-refractivity contribution is 14.1. The lowest BCUT2D eigenvalue weighted by atomic mass is 9.93. The number of aliphatic hydroxyl groups excluding tert-OH is 1. The van der Waals surface area contributed by atoms with Gasteiger partial charge in [-0.15, -0.1) is 10.2 Å². The van der Waals surface area contributed by atoms with Crippen molar-refractivity contribution >= 4 is 79.0 Å². The number of thioether (sulfide) groups is 1. The number of Topliss-reactive ketones (excluding diaryl/α,β-unsaturated/α-hetero) is 1. The lowest BCUT2D eigenvalue weighted by molar-refractivity contribution is -0.132. The first-order chi connectivity index (χ1) is 19.8. The van der Waals surface area contributed by atoms with E-state index in [0.717, 1.165) is 14.7 Å². The number of carbonyl (C=O) groups is 2. The molecule has 4 aromatic carbocycles. The normalized spacial score (nSPS) is 16.6. The molecule has 2 heterocycles. The van der Waals surface area contributed by atoms with Gasteiger partial charge in [0.1, 0.15) is 5.76 Å². The van der Waals surface area contributed by atoms with Crippen LogP contribution in [0.5, 0.6) is 0 Å². The van der Waals surface area contributed by atoms with E-state index in [2.05, 4.69) is 57.1 Å². The van der Waals surface area contributed by atoms with Gasteiger partial charge in [0.25, 0.3) is 5.78 Å². The number of benzene rings is 4. The fourth-order valence-electron chi connectivity index (χ4n) is 5.04. The maximum Gasteiger partial charge on any atom is 0.301 e. The summed E-state index contributed by atoms with van der Waals surface area (Å²) in [5, 5.41) is 22.9. The molecular weight excluding hydrogens is 665 g/mol. The van der Waals surface area contributed by atoms with Gasteiger partial charge in [-0.05, 0) is 82.1 Å². The third-order valence-electron chi connectivity index (χ3n) is 7.11. The van der Waals surface area contributed by atoms with Crippen LogP contribution in [0.25, 0.3) is 16.5 Å². The quantitative estimate of drug-likeness (QED) is 0.0489. The van der Waals surface area contributed by atoms with Crippen LogP contribution in [0.15, 0.2) is 94.8 Å². The van der Waals surface area contributed by atoms with Crippen molar-refractivity contribution in [3.63, 3.8) is 0 Å². The topological polar surface area (TPSA) is 83.4 Å². The number of halogens is 1. The Hall–Kier alpha value is -3.54. The van der Waals surface area contributed by atoms with Crippen molar-refractivity contribution in [2.75, 3.05) is 4.90 Å². The van der Waals surface area contributed by atoms with Crippen LogP contribution >= 0.6 is 45.7 Å². The largest absolute Gasteiger partial charge is 0.507 e. The summed E-state index contributed by atoms with van der Waals surface area (Å²) in [6.45, 7) is 3.79. The average Bonchev–Trinajstić information content (AvgIpc) is 3.55. The van der Waals surface area contributed by atoms with E-state index in [0.29, 0.717) is 26.4 Å². The molecule has 1 saturated heterocycles. The van der Waals surface area contributed by atoms with Crippen molar-refractivity contribution in [1.82, 2.24) is 10.2 Å². The molecule has 6 rings (SSSR count). The lowest BCUT2D eigenvalue weighted by Gasteiger charge is -2.22. The van der Waals surface area contributed by atoms with Crippen molar-refractivity contribution in [2.24, 2.45) is 0 Å². The SMILES string of the molecule is Cc1ccc(C)c(C(O)=C2C(=O)C(=O)N(c3nnc(SCc4cccc5ccccc45)s3)C2c2ccc(I)cc2)c1. The van der Waals surface area contributed by atoms with E-state index in [1.165, 1.54) is 44.3 Å². The summed E-state index contributed by atoms with van der Waals surface area (Å²) in [5.41, 5.74) is 4.21. The minimum atomic E-state index is -0.837. The second-order valence-corrected chi connectivity index (χ2v) is 13.2. The second-order valence-electron chi connectivity index (χ2n) is 9.82. The molecule has 1 aromatic heterocycles. The Morgan fingerprint density at radius 3 is 2.54 bits per heavy atom. The smallest absolute Gasteiger partial charge is 0.301 e. The molecule has 0 radical (unpaired) electrons. The molecule has 0 saturated carbocycles. The molecule has 41 heavy (non-hydrogen) atoms. The fourth-order valence-corrected chi connectivity index (χ4v) is 7.27. The number of fused-ring (bicyclic) bond motifs is 1. The summed E-state index contributed by atoms with van der Waals surface area (Å²) in [5.74, 6) is -0.984. The molecule has 6 nitrogen and oxygen atoms in total. The number of rotatable bonds is 6. The van der Waals surface area contributed by atoms with E-state index in [1.54, 1.807) is 0 Å². The van der Waals surface area contributed by atoms with Crippen LogP contribution in [-0.2, 0) is 15.3 Å². The van der Waals surface area contributed by atoms with Crippen LogP contribution in [0.2, 0.25) is 0 Å². The first-order valence-corrected chi connectivity index (χ1v) is 15.8. The van der Waals surface area contributed by atoms with Gasteiger partial charge in [0.15, 0.2) is 4.34 Å². The number of aryl methyl sites for hydroxylation is 2. The molecule has 5 aromatic rings. The summed E-state index contributed by atoms with van der Waals surface area (Å²) in [6.07, 6.45) is 0. The zero-order valence-electron chi connectivity index (χ0n) is 22.2. The average molecular weight is 690 g/mol. The van der Waals surface area contributed by atoms with Crippen molar-refractivity contribution in [3.05, 3.63) is 122 Å². The number of aromatic nitrogens is 2. The van der Waals surface area contributed by atoms with Crippen LogP contribution in [0.4, 0.5) is 5.13 Å². The summed E-state index contributed by atoms with van der Waals surface area (Å²) < 4.78 is 1.70. The van der Waals surface area contributed by atoms with Gasteiger partial charge >= 0.3 is 5.91 Å². The van der Waals surface area contributed by atoms with Crippen molar-refractivity contribution in [1.29, 1.82) is 0 Å². The minimum Gasteiger partial charge on any atom is -0.507 e. The zero-order chi connectivity index (χ0) is 28.7. The predicted octanol–water partition coefficient (Wildman–Crippen LogP) is 7.83. The molecule has 204 valence electrons. The molecule has 1 amide bonds. The number of amides is 1. The molecule has 0 aliphatic carbocycles. The van der Waals surface area contributed by atoms with E-state index in [1.807, 2.05) is 74.5 Å². The Morgan fingerprint density at radius 1 is 0.976 bits per heavy atom. The minimum absolute atomic E-state index is 0.0464. The highest BCUT2D eigenvalue weighted by Crippen LogP contribution is 2.44. The number of hydrogen-bond donors (Lipinski definition) is 1. The standard InChI is InChI=1S/C32H24IN3O3S2/c1-18-10-11-19(2)25(16-18)28(37)26-27(21-12-14-23(33)15-13-21)36(30(39)29(26)38)31-34-35-32(41-31)40-17-22-8-5-7-20-6-3-4-9-24(20)22/h3-16,27,37H,17H2,1-2H3. The van der Waals surface area contributed by atoms with E-state index in [-0.39, 0.29) is 11.3 Å². The number of aliphatic hydroxyl groups is 1. The number of anilines is 1. The van der Waals surface area contributed by atoms with Crippen LogP contribution in [-0.4, -0.2) is 27.0 Å². The van der Waals surface area contributed by atoms with Gasteiger partial charge in [-0.3, -0.25) is 14.5 Å². The Kier molecular flexibility index (Phi) is 7.67. The monoisotopic (exact) mass is 689 g/mol. The van der Waals surface area contributed by atoms with Crippen LogP contribution in [0, 0.1) is 17.4 Å². The zero-order valence-corrected chi connectivity index (χ0v) is 26.0. The van der Waals surface area contributed by atoms with E-state index >= 15 is 0 Å². The van der Waals surface area contributed by atoms with Crippen LogP contribution in [0.3, 0.4) is 0 Å². The third-order valence-corrected chi connectivity index (χ3v) is 9.94. The summed E-state index contributed by atoms with van der Waals surface area (Å²) in [7, 11) is 0. The molecule has 1 aliphatic heterocycles. The van der Waals surface area contributed by atoms with E-state index in [9.17, 15) is 14.7 Å². The first kappa shape index (κ1) is 27.6. The van der Waals surface area contributed by atoms with E-state index < -0.39 is 17.7 Å². The number of nitrogens with zero attached hydrogens (tertiary/aromatic N) is 3. The fraction of sp³-hybridized carbons (Fsp3) is 0.125. The maximum atomic E-state index is 13.6. The Balaban J connectivity index is 1.38. The van der Waals surface area contributed by atoms with Gasteiger partial charge in [0, 0.05) is 14.9 Å². The third kappa shape index (κ3) is 5.29. The predicted molar refractivity (Wildman–Crippen MR) is 173 cm³/mol. The number of carbonyl (C=O) groups excluding carboxylic acids is 2. The van der Waals surface area contributed by atoms with Gasteiger partial charge in [-0.2, -0.15) is 0 Å². The lowest BCUT2D eigenvalue weighted by Crippen LogP contribution is -2.29. The molecule has 1 aliphatic rings. The summed E-state index contributed by atoms with van der Waals surface area (Å²) >= 11 is 5.01. The molecule has 9 heteroatoms. The molecular formula is C32H24IN3O3S2. The van der Waals surface area contributed by atoms with Gasteiger partial charge in [0.2, 0.25) is 5.13 Å². The molecule has 0 spiro atoms. The Bertz CT molecular complexity index is 1840. The van der Waals surface area contributed by atoms with Gasteiger partial charge in [-0.1, -0.05) is 95.4 Å². The first-order valence-electron chi connectivity index (χ1n) is 12.9. The highest BCUT2D eigenvalue weighted by atomic mass is 127. The van der Waals surface area contributed by atoms with E-state index in [4.69, 9.17) is 0 Å². The van der Waals surface area contributed by atoms with Crippen molar-refractivity contribution < 1.29 is 14.7 Å². The van der Waals surface area contributed by atoms with Gasteiger partial charge in [0.05, 0.1) is 11.6 Å². The summed E-state index contributed by atoms with van der Waals surface area (Å²) in [4.78, 5) is 28.5. The van der Waals surface area contributed by atoms with Gasteiger partial charge < -0.3 is 5.11 Å². The summed E-state index contributed by atoms with van der Waals surface area (Å²) in [6, 6.07) is 26.9. The van der Waals surface area contributed by atoms with Crippen molar-refractivity contribution in [2.45, 2.75) is 30.0 Å². The Labute approximate surface area is 259 Å². The molecule has 0 bridgehead atoms. The highest BCUT2D eigenvalue weighted by Gasteiger charge is 2.48. The number of ketones is 1. The van der Waals surface area contributed by atoms with Crippen LogP contribution < -0.4 is 4.90 Å².